The number of thiocarbonyl (C=S) groups is 1. The van der Waals surface area contributed by atoms with Crippen molar-refractivity contribution in [2.45, 2.75) is 13.1 Å². The van der Waals surface area contributed by atoms with Crippen LogP contribution in [0.1, 0.15) is 22.8 Å². The van der Waals surface area contributed by atoms with E-state index < -0.39 is 17.4 Å². The average Bonchev–Trinajstić information content (AvgIpc) is 2.60. The number of hydrogen-bond donors (Lipinski definition) is 2. The highest BCUT2D eigenvalue weighted by atomic mass is 32.1. The molecule has 1 aromatic heterocycles. The Labute approximate surface area is 162 Å². The minimum absolute atomic E-state index is 0.0665. The van der Waals surface area contributed by atoms with Gasteiger partial charge in [-0.1, -0.05) is 0 Å². The number of fused-ring (bicyclic) bond motifs is 1. The number of Topliss-reactive ketones (excluding diaryl/α,β-unsaturated/α-hetero) is 1. The fourth-order valence-electron chi connectivity index (χ4n) is 2.56. The topological polar surface area (TPSA) is 71.3 Å². The van der Waals surface area contributed by atoms with Crippen molar-refractivity contribution >= 4 is 45.5 Å². The minimum atomic E-state index is -4.67. The van der Waals surface area contributed by atoms with E-state index >= 15 is 0 Å². The molecule has 0 unspecified atom stereocenters. The quantitative estimate of drug-likeness (QED) is 0.369. The van der Waals surface area contributed by atoms with Gasteiger partial charge in [0.15, 0.2) is 10.9 Å². The van der Waals surface area contributed by atoms with Crippen LogP contribution < -0.4 is 16.3 Å². The van der Waals surface area contributed by atoms with Crippen LogP contribution in [-0.4, -0.2) is 10.9 Å². The summed E-state index contributed by atoms with van der Waals surface area (Å²) in [6.45, 7) is 1.46. The molecule has 0 aliphatic carbocycles. The maximum absolute atomic E-state index is 13.1. The molecule has 3 rings (SSSR count). The molecule has 0 bridgehead atoms. The first-order valence-corrected chi connectivity index (χ1v) is 8.38. The Morgan fingerprint density at radius 2 is 1.61 bits per heavy atom. The van der Waals surface area contributed by atoms with Gasteiger partial charge < -0.3 is 15.1 Å². The molecule has 144 valence electrons. The van der Waals surface area contributed by atoms with E-state index in [4.69, 9.17) is 16.6 Å². The summed E-state index contributed by atoms with van der Waals surface area (Å²) in [4.78, 5) is 22.7. The normalized spacial score (nSPS) is 11.3. The average molecular weight is 406 g/mol. The van der Waals surface area contributed by atoms with Crippen molar-refractivity contribution in [2.24, 2.45) is 0 Å². The van der Waals surface area contributed by atoms with Gasteiger partial charge in [0.05, 0.1) is 5.56 Å². The largest absolute Gasteiger partial charge is 0.423 e. The minimum Gasteiger partial charge on any atom is -0.423 e. The van der Waals surface area contributed by atoms with Crippen LogP contribution in [-0.2, 0) is 6.18 Å². The second-order valence-electron chi connectivity index (χ2n) is 5.90. The number of benzene rings is 2. The van der Waals surface area contributed by atoms with E-state index in [0.717, 1.165) is 0 Å². The molecule has 2 aromatic carbocycles. The standard InChI is InChI=1S/C19H13F3N2O3S/c1-10(25)11-2-4-12(5-3-11)23-18(28)24-13-6-7-14-15(19(20,21)22)9-17(26)27-16(14)8-13/h2-9H,1H3,(H2,23,24,28). The van der Waals surface area contributed by atoms with Gasteiger partial charge in [0.25, 0.3) is 0 Å². The summed E-state index contributed by atoms with van der Waals surface area (Å²) in [6, 6.07) is 10.9. The number of carbonyl (C=O) groups excluding carboxylic acids is 1. The molecule has 0 saturated heterocycles. The summed E-state index contributed by atoms with van der Waals surface area (Å²) in [5, 5.41) is 5.64. The highest BCUT2D eigenvalue weighted by Gasteiger charge is 2.33. The number of anilines is 2. The zero-order valence-corrected chi connectivity index (χ0v) is 15.2. The van der Waals surface area contributed by atoms with Crippen molar-refractivity contribution < 1.29 is 22.4 Å². The number of carbonyl (C=O) groups is 1. The van der Waals surface area contributed by atoms with Crippen molar-refractivity contribution in [1.29, 1.82) is 0 Å². The molecule has 1 heterocycles. The van der Waals surface area contributed by atoms with Crippen molar-refractivity contribution in [3.63, 3.8) is 0 Å². The first-order valence-electron chi connectivity index (χ1n) is 7.97. The van der Waals surface area contributed by atoms with Gasteiger partial charge in [-0.25, -0.2) is 4.79 Å². The molecule has 9 heteroatoms. The first-order chi connectivity index (χ1) is 13.1. The Bertz CT molecular complexity index is 1120. The van der Waals surface area contributed by atoms with Crippen LogP contribution in [0.5, 0.6) is 0 Å². The maximum atomic E-state index is 13.1. The van der Waals surface area contributed by atoms with E-state index in [9.17, 15) is 22.8 Å². The summed E-state index contributed by atoms with van der Waals surface area (Å²) < 4.78 is 44.1. The predicted octanol–water partition coefficient (Wildman–Crippen LogP) is 4.82. The van der Waals surface area contributed by atoms with Gasteiger partial charge in [0.2, 0.25) is 0 Å². The summed E-state index contributed by atoms with van der Waals surface area (Å²) in [5.41, 5.74) is -0.852. The lowest BCUT2D eigenvalue weighted by Gasteiger charge is -2.13. The number of hydrogen-bond acceptors (Lipinski definition) is 4. The second kappa shape index (κ2) is 7.43. The van der Waals surface area contributed by atoms with Crippen molar-refractivity contribution in [2.75, 3.05) is 10.6 Å². The zero-order valence-electron chi connectivity index (χ0n) is 14.4. The molecule has 0 radical (unpaired) electrons. The SMILES string of the molecule is CC(=O)c1ccc(NC(=S)Nc2ccc3c(C(F)(F)F)cc(=O)oc3c2)cc1. The summed E-state index contributed by atoms with van der Waals surface area (Å²) in [5.74, 6) is -0.0665. The van der Waals surface area contributed by atoms with Crippen molar-refractivity contribution in [1.82, 2.24) is 0 Å². The molecule has 2 N–H and O–H groups in total. The van der Waals surface area contributed by atoms with Gasteiger partial charge in [-0.3, -0.25) is 4.79 Å². The molecule has 0 spiro atoms. The van der Waals surface area contributed by atoms with E-state index in [1.54, 1.807) is 24.3 Å². The molecular formula is C19H13F3N2O3S. The number of nitrogens with one attached hydrogen (secondary N) is 2. The smallest absolute Gasteiger partial charge is 0.417 e. The molecule has 0 fully saturated rings. The van der Waals surface area contributed by atoms with Gasteiger partial charge in [-0.2, -0.15) is 13.2 Å². The third-order valence-corrected chi connectivity index (χ3v) is 4.06. The summed E-state index contributed by atoms with van der Waals surface area (Å²) in [6.07, 6.45) is -4.67. The van der Waals surface area contributed by atoms with Gasteiger partial charge in [0.1, 0.15) is 5.58 Å². The van der Waals surface area contributed by atoms with Crippen LogP contribution in [0.2, 0.25) is 0 Å². The van der Waals surface area contributed by atoms with E-state index in [1.165, 1.54) is 25.1 Å². The van der Waals surface area contributed by atoms with Crippen molar-refractivity contribution in [3.05, 3.63) is 70.1 Å². The van der Waals surface area contributed by atoms with E-state index in [2.05, 4.69) is 10.6 Å². The number of rotatable bonds is 3. The number of halogens is 3. The zero-order chi connectivity index (χ0) is 20.5. The lowest BCUT2D eigenvalue weighted by atomic mass is 10.1. The molecule has 0 atom stereocenters. The van der Waals surface area contributed by atoms with Crippen LogP contribution >= 0.6 is 12.2 Å². The van der Waals surface area contributed by atoms with Gasteiger partial charge >= 0.3 is 11.8 Å². The fraction of sp³-hybridized carbons (Fsp3) is 0.105. The highest BCUT2D eigenvalue weighted by Crippen LogP contribution is 2.34. The number of ketones is 1. The van der Waals surface area contributed by atoms with Crippen molar-refractivity contribution in [3.8, 4) is 0 Å². The molecule has 0 aliphatic heterocycles. The van der Waals surface area contributed by atoms with E-state index in [-0.39, 0.29) is 21.9 Å². The van der Waals surface area contributed by atoms with Crippen LogP contribution in [0.15, 0.2) is 57.7 Å². The van der Waals surface area contributed by atoms with Crippen LogP contribution in [0.25, 0.3) is 11.0 Å². The summed E-state index contributed by atoms with van der Waals surface area (Å²) >= 11 is 5.17. The molecule has 5 nitrogen and oxygen atoms in total. The molecule has 0 amide bonds. The fourth-order valence-corrected chi connectivity index (χ4v) is 2.79. The Morgan fingerprint density at radius 3 is 2.21 bits per heavy atom. The lowest BCUT2D eigenvalue weighted by Crippen LogP contribution is -2.19. The second-order valence-corrected chi connectivity index (χ2v) is 6.31. The van der Waals surface area contributed by atoms with E-state index in [1.807, 2.05) is 0 Å². The molecule has 3 aromatic rings. The van der Waals surface area contributed by atoms with Crippen LogP contribution in [0, 0.1) is 0 Å². The Morgan fingerprint density at radius 1 is 1.00 bits per heavy atom. The van der Waals surface area contributed by atoms with Crippen LogP contribution in [0.4, 0.5) is 24.5 Å². The maximum Gasteiger partial charge on any atom is 0.417 e. The lowest BCUT2D eigenvalue weighted by molar-refractivity contribution is -0.136. The van der Waals surface area contributed by atoms with Gasteiger partial charge in [-0.05, 0) is 55.5 Å². The molecule has 0 aliphatic rings. The van der Waals surface area contributed by atoms with Gasteiger partial charge in [0, 0.05) is 34.5 Å². The molecule has 28 heavy (non-hydrogen) atoms. The van der Waals surface area contributed by atoms with Gasteiger partial charge in [-0.15, -0.1) is 0 Å². The Hall–Kier alpha value is -3.20. The Kier molecular flexibility index (Phi) is 5.19. The Balaban J connectivity index is 1.81. The highest BCUT2D eigenvalue weighted by molar-refractivity contribution is 7.80. The predicted molar refractivity (Wildman–Crippen MR) is 104 cm³/mol. The van der Waals surface area contributed by atoms with E-state index in [0.29, 0.717) is 23.0 Å². The monoisotopic (exact) mass is 406 g/mol. The third-order valence-electron chi connectivity index (χ3n) is 3.86. The number of alkyl halides is 3. The van der Waals surface area contributed by atoms with Crippen LogP contribution in [0.3, 0.4) is 0 Å². The molecular weight excluding hydrogens is 393 g/mol. The third kappa shape index (κ3) is 4.37. The first kappa shape index (κ1) is 19.6. The summed E-state index contributed by atoms with van der Waals surface area (Å²) in [7, 11) is 0. The molecule has 0 saturated carbocycles.